The average molecular weight is 348 g/mol. The monoisotopic (exact) mass is 348 g/mol. The van der Waals surface area contributed by atoms with Crippen molar-refractivity contribution in [1.82, 2.24) is 9.55 Å². The molecule has 0 bridgehead atoms. The van der Waals surface area contributed by atoms with E-state index in [2.05, 4.69) is 11.9 Å². The molecule has 2 aromatic heterocycles. The molecule has 2 atom stereocenters. The van der Waals surface area contributed by atoms with Gasteiger partial charge in [-0.1, -0.05) is 20.8 Å². The molecular weight excluding hydrogens is 324 g/mol. The minimum Gasteiger partial charge on any atom is -0.464 e. The van der Waals surface area contributed by atoms with Crippen LogP contribution in [0.15, 0.2) is 11.1 Å². The second kappa shape index (κ2) is 6.67. The fourth-order valence-electron chi connectivity index (χ4n) is 3.10. The Hall–Kier alpha value is -1.69. The highest BCUT2D eigenvalue weighted by Gasteiger charge is 2.25. The topological polar surface area (TPSA) is 61.2 Å². The van der Waals surface area contributed by atoms with Crippen molar-refractivity contribution in [3.63, 3.8) is 0 Å². The van der Waals surface area contributed by atoms with Crippen molar-refractivity contribution >= 4 is 27.5 Å². The maximum atomic E-state index is 12.9. The SMILES string of the molecule is CC(C)COC(=O)C(C)n1cnc2sc3c(c2c1=O)CCC(C)C3. The second-order valence-electron chi connectivity index (χ2n) is 7.19. The van der Waals surface area contributed by atoms with Gasteiger partial charge in [0.15, 0.2) is 0 Å². The quantitative estimate of drug-likeness (QED) is 0.795. The summed E-state index contributed by atoms with van der Waals surface area (Å²) in [5.74, 6) is 0.534. The Morgan fingerprint density at radius 3 is 2.92 bits per heavy atom. The van der Waals surface area contributed by atoms with Crippen molar-refractivity contribution in [1.29, 1.82) is 0 Å². The van der Waals surface area contributed by atoms with E-state index < -0.39 is 6.04 Å². The van der Waals surface area contributed by atoms with Crippen LogP contribution in [0.3, 0.4) is 0 Å². The summed E-state index contributed by atoms with van der Waals surface area (Å²) in [4.78, 5) is 31.7. The molecule has 0 spiro atoms. The van der Waals surface area contributed by atoms with Crippen molar-refractivity contribution in [2.24, 2.45) is 11.8 Å². The van der Waals surface area contributed by atoms with Gasteiger partial charge in [-0.05, 0) is 43.6 Å². The third-order valence-corrected chi connectivity index (χ3v) is 5.72. The Morgan fingerprint density at radius 1 is 1.46 bits per heavy atom. The highest BCUT2D eigenvalue weighted by atomic mass is 32.1. The zero-order valence-electron chi connectivity index (χ0n) is 14.7. The Balaban J connectivity index is 1.97. The molecule has 130 valence electrons. The third kappa shape index (κ3) is 3.11. The molecule has 0 aromatic carbocycles. The van der Waals surface area contributed by atoms with Crippen LogP contribution in [0.1, 0.15) is 50.6 Å². The van der Waals surface area contributed by atoms with E-state index in [1.807, 2.05) is 13.8 Å². The number of carbonyl (C=O) groups excluding carboxylic acids is 1. The van der Waals surface area contributed by atoms with Crippen LogP contribution in [-0.4, -0.2) is 22.1 Å². The molecule has 2 heterocycles. The zero-order valence-corrected chi connectivity index (χ0v) is 15.5. The number of nitrogens with zero attached hydrogens (tertiary/aromatic N) is 2. The smallest absolute Gasteiger partial charge is 0.329 e. The van der Waals surface area contributed by atoms with Crippen LogP contribution in [0.25, 0.3) is 10.2 Å². The van der Waals surface area contributed by atoms with E-state index in [4.69, 9.17) is 4.74 Å². The number of rotatable bonds is 4. The number of carbonyl (C=O) groups is 1. The van der Waals surface area contributed by atoms with E-state index in [-0.39, 0.29) is 17.4 Å². The van der Waals surface area contributed by atoms with Crippen LogP contribution in [-0.2, 0) is 22.4 Å². The highest BCUT2D eigenvalue weighted by molar-refractivity contribution is 7.18. The first kappa shape index (κ1) is 17.1. The maximum absolute atomic E-state index is 12.9. The van der Waals surface area contributed by atoms with Crippen LogP contribution in [0.5, 0.6) is 0 Å². The van der Waals surface area contributed by atoms with Crippen LogP contribution in [0.2, 0.25) is 0 Å². The van der Waals surface area contributed by atoms with Crippen molar-refractivity contribution in [2.45, 2.75) is 53.0 Å². The van der Waals surface area contributed by atoms with Gasteiger partial charge >= 0.3 is 5.97 Å². The number of hydrogen-bond donors (Lipinski definition) is 0. The van der Waals surface area contributed by atoms with Crippen LogP contribution < -0.4 is 5.56 Å². The van der Waals surface area contributed by atoms with E-state index in [1.54, 1.807) is 18.3 Å². The fraction of sp³-hybridized carbons (Fsp3) is 0.611. The molecule has 0 aliphatic heterocycles. The molecule has 0 saturated heterocycles. The van der Waals surface area contributed by atoms with Gasteiger partial charge in [0.1, 0.15) is 10.9 Å². The second-order valence-corrected chi connectivity index (χ2v) is 8.27. The molecule has 0 fully saturated rings. The van der Waals surface area contributed by atoms with E-state index in [9.17, 15) is 9.59 Å². The van der Waals surface area contributed by atoms with Crippen LogP contribution >= 0.6 is 11.3 Å². The highest BCUT2D eigenvalue weighted by Crippen LogP contribution is 2.35. The molecule has 3 rings (SSSR count). The predicted molar refractivity (Wildman–Crippen MR) is 95.6 cm³/mol. The number of thiophene rings is 1. The standard InChI is InChI=1S/C18H24N2O3S/c1-10(2)8-23-18(22)12(4)20-9-19-16-15(17(20)21)13-6-5-11(3)7-14(13)24-16/h9-12H,5-8H2,1-4H3. The molecule has 2 aromatic rings. The maximum Gasteiger partial charge on any atom is 0.329 e. The zero-order chi connectivity index (χ0) is 17.4. The summed E-state index contributed by atoms with van der Waals surface area (Å²) in [5.41, 5.74) is 1.02. The van der Waals surface area contributed by atoms with E-state index >= 15 is 0 Å². The normalized spacial score (nSPS) is 18.6. The molecular formula is C18H24N2O3S. The first-order valence-corrected chi connectivity index (χ1v) is 9.38. The number of fused-ring (bicyclic) bond motifs is 3. The number of ether oxygens (including phenoxy) is 1. The molecule has 2 unspecified atom stereocenters. The number of esters is 1. The molecule has 1 aliphatic carbocycles. The van der Waals surface area contributed by atoms with E-state index in [0.717, 1.165) is 29.7 Å². The molecule has 1 aliphatic rings. The van der Waals surface area contributed by atoms with Gasteiger partial charge in [-0.25, -0.2) is 9.78 Å². The first-order valence-electron chi connectivity index (χ1n) is 8.56. The van der Waals surface area contributed by atoms with Crippen molar-refractivity contribution in [3.8, 4) is 0 Å². The van der Waals surface area contributed by atoms with Gasteiger partial charge in [0.05, 0.1) is 18.3 Å². The molecule has 6 heteroatoms. The molecule has 24 heavy (non-hydrogen) atoms. The summed E-state index contributed by atoms with van der Waals surface area (Å²) in [6.45, 7) is 8.26. The Bertz CT molecular complexity index is 822. The van der Waals surface area contributed by atoms with Gasteiger partial charge in [0.25, 0.3) is 5.56 Å². The van der Waals surface area contributed by atoms with Crippen molar-refractivity contribution in [3.05, 3.63) is 27.1 Å². The predicted octanol–water partition coefficient (Wildman–Crippen LogP) is 3.34. The summed E-state index contributed by atoms with van der Waals surface area (Å²) < 4.78 is 6.68. The van der Waals surface area contributed by atoms with Gasteiger partial charge in [0, 0.05) is 4.88 Å². The lowest BCUT2D eigenvalue weighted by atomic mass is 9.89. The summed E-state index contributed by atoms with van der Waals surface area (Å²) in [7, 11) is 0. The lowest BCUT2D eigenvalue weighted by Crippen LogP contribution is -2.30. The third-order valence-electron chi connectivity index (χ3n) is 4.56. The van der Waals surface area contributed by atoms with Gasteiger partial charge in [-0.15, -0.1) is 11.3 Å². The van der Waals surface area contributed by atoms with Crippen molar-refractivity contribution in [2.75, 3.05) is 6.61 Å². The Kier molecular flexibility index (Phi) is 4.76. The summed E-state index contributed by atoms with van der Waals surface area (Å²) in [6.07, 6.45) is 4.52. The largest absolute Gasteiger partial charge is 0.464 e. The molecule has 5 nitrogen and oxygen atoms in total. The van der Waals surface area contributed by atoms with Gasteiger partial charge in [0.2, 0.25) is 0 Å². The summed E-state index contributed by atoms with van der Waals surface area (Å²) >= 11 is 1.62. The summed E-state index contributed by atoms with van der Waals surface area (Å²) in [6, 6.07) is -0.661. The Labute approximate surface area is 145 Å². The lowest BCUT2D eigenvalue weighted by Gasteiger charge is -2.18. The van der Waals surface area contributed by atoms with E-state index in [1.165, 1.54) is 15.8 Å². The fourth-order valence-corrected chi connectivity index (χ4v) is 4.44. The summed E-state index contributed by atoms with van der Waals surface area (Å²) in [5, 5.41) is 0.702. The minimum absolute atomic E-state index is 0.124. The number of hydrogen-bond acceptors (Lipinski definition) is 5. The molecule has 0 N–H and O–H groups in total. The molecule has 0 saturated carbocycles. The van der Waals surface area contributed by atoms with Crippen LogP contribution in [0.4, 0.5) is 0 Å². The van der Waals surface area contributed by atoms with Crippen LogP contribution in [0, 0.1) is 11.8 Å². The minimum atomic E-state index is -0.661. The van der Waals surface area contributed by atoms with Crippen molar-refractivity contribution < 1.29 is 9.53 Å². The molecule has 0 radical (unpaired) electrons. The van der Waals surface area contributed by atoms with E-state index in [0.29, 0.717) is 17.9 Å². The number of aryl methyl sites for hydroxylation is 1. The van der Waals surface area contributed by atoms with Gasteiger partial charge in [-0.3, -0.25) is 9.36 Å². The van der Waals surface area contributed by atoms with Gasteiger partial charge < -0.3 is 4.74 Å². The Morgan fingerprint density at radius 2 is 2.21 bits per heavy atom. The number of aromatic nitrogens is 2. The average Bonchev–Trinajstić information content (AvgIpc) is 2.90. The van der Waals surface area contributed by atoms with Gasteiger partial charge in [-0.2, -0.15) is 0 Å². The lowest BCUT2D eigenvalue weighted by molar-refractivity contribution is -0.148. The molecule has 0 amide bonds. The first-order chi connectivity index (χ1) is 11.4.